The summed E-state index contributed by atoms with van der Waals surface area (Å²) in [4.78, 5) is 19.0. The molecule has 0 unspecified atom stereocenters. The van der Waals surface area contributed by atoms with E-state index in [9.17, 15) is 4.79 Å². The SMILES string of the molecule is CCN(CCCNC(=O)N1CCN(c2ccccc2)CC1)c1ccccc1. The summed E-state index contributed by atoms with van der Waals surface area (Å²) in [5.41, 5.74) is 2.47. The van der Waals surface area contributed by atoms with E-state index in [4.69, 9.17) is 0 Å². The van der Waals surface area contributed by atoms with Gasteiger partial charge in [0.1, 0.15) is 0 Å². The van der Waals surface area contributed by atoms with Crippen molar-refractivity contribution >= 4 is 17.4 Å². The molecule has 0 bridgehead atoms. The minimum absolute atomic E-state index is 0.0606. The first-order valence-electron chi connectivity index (χ1n) is 9.90. The van der Waals surface area contributed by atoms with Crippen molar-refractivity contribution in [3.8, 4) is 0 Å². The minimum Gasteiger partial charge on any atom is -0.372 e. The molecule has 5 nitrogen and oxygen atoms in total. The maximum atomic E-state index is 12.4. The molecule has 2 aromatic carbocycles. The number of piperazine rings is 1. The van der Waals surface area contributed by atoms with Crippen molar-refractivity contribution < 1.29 is 4.79 Å². The topological polar surface area (TPSA) is 38.8 Å². The van der Waals surface area contributed by atoms with E-state index in [1.165, 1.54) is 11.4 Å². The van der Waals surface area contributed by atoms with E-state index in [0.29, 0.717) is 6.54 Å². The maximum absolute atomic E-state index is 12.4. The Bertz CT molecular complexity index is 684. The monoisotopic (exact) mass is 366 g/mol. The summed E-state index contributed by atoms with van der Waals surface area (Å²) in [6.45, 7) is 8.10. The van der Waals surface area contributed by atoms with E-state index in [2.05, 4.69) is 70.6 Å². The third-order valence-electron chi connectivity index (χ3n) is 5.07. The first-order valence-corrected chi connectivity index (χ1v) is 9.90. The predicted molar refractivity (Wildman–Crippen MR) is 113 cm³/mol. The molecule has 1 aliphatic heterocycles. The molecule has 0 atom stereocenters. The van der Waals surface area contributed by atoms with E-state index < -0.39 is 0 Å². The van der Waals surface area contributed by atoms with Gasteiger partial charge in [0.25, 0.3) is 0 Å². The molecule has 27 heavy (non-hydrogen) atoms. The number of benzene rings is 2. The summed E-state index contributed by atoms with van der Waals surface area (Å²) >= 11 is 0. The lowest BCUT2D eigenvalue weighted by molar-refractivity contribution is 0.194. The van der Waals surface area contributed by atoms with Gasteiger partial charge in [-0.1, -0.05) is 36.4 Å². The Morgan fingerprint density at radius 3 is 2.22 bits per heavy atom. The Morgan fingerprint density at radius 1 is 0.963 bits per heavy atom. The Kier molecular flexibility index (Phi) is 6.97. The van der Waals surface area contributed by atoms with E-state index in [1.54, 1.807) is 0 Å². The summed E-state index contributed by atoms with van der Waals surface area (Å²) in [6.07, 6.45) is 0.943. The van der Waals surface area contributed by atoms with Gasteiger partial charge in [0, 0.05) is 57.2 Å². The first kappa shape index (κ1) is 19.1. The number of urea groups is 1. The minimum atomic E-state index is 0.0606. The molecule has 2 aromatic rings. The molecule has 1 saturated heterocycles. The molecule has 0 spiro atoms. The standard InChI is InChI=1S/C22H30N4O/c1-2-24(20-10-5-3-6-11-20)15-9-14-23-22(27)26-18-16-25(17-19-26)21-12-7-4-8-13-21/h3-8,10-13H,2,9,14-19H2,1H3,(H,23,27). The van der Waals surface area contributed by atoms with Crippen LogP contribution in [0.1, 0.15) is 13.3 Å². The van der Waals surface area contributed by atoms with Crippen molar-refractivity contribution in [2.75, 3.05) is 55.6 Å². The number of nitrogens with zero attached hydrogens (tertiary/aromatic N) is 3. The average Bonchev–Trinajstić information content (AvgIpc) is 2.75. The van der Waals surface area contributed by atoms with Gasteiger partial charge in [-0.25, -0.2) is 4.79 Å². The molecule has 1 fully saturated rings. The van der Waals surface area contributed by atoms with Crippen molar-refractivity contribution in [1.29, 1.82) is 0 Å². The van der Waals surface area contributed by atoms with Gasteiger partial charge < -0.3 is 20.0 Å². The number of para-hydroxylation sites is 2. The largest absolute Gasteiger partial charge is 0.372 e. The van der Waals surface area contributed by atoms with Gasteiger partial charge in [-0.15, -0.1) is 0 Å². The fraction of sp³-hybridized carbons (Fsp3) is 0.409. The van der Waals surface area contributed by atoms with Crippen LogP contribution in [0, 0.1) is 0 Å². The number of carbonyl (C=O) groups excluding carboxylic acids is 1. The van der Waals surface area contributed by atoms with Crippen LogP contribution < -0.4 is 15.1 Å². The summed E-state index contributed by atoms with van der Waals surface area (Å²) in [7, 11) is 0. The molecule has 1 heterocycles. The zero-order chi connectivity index (χ0) is 18.9. The van der Waals surface area contributed by atoms with Gasteiger partial charge in [0.2, 0.25) is 0 Å². The molecule has 3 rings (SSSR count). The lowest BCUT2D eigenvalue weighted by Gasteiger charge is -2.36. The van der Waals surface area contributed by atoms with Crippen molar-refractivity contribution in [2.24, 2.45) is 0 Å². The molecule has 5 heteroatoms. The molecule has 0 radical (unpaired) electrons. The quantitative estimate of drug-likeness (QED) is 0.763. The second-order valence-electron chi connectivity index (χ2n) is 6.81. The van der Waals surface area contributed by atoms with Crippen LogP contribution in [0.15, 0.2) is 60.7 Å². The Labute approximate surface area is 162 Å². The number of amides is 2. The molecule has 0 saturated carbocycles. The van der Waals surface area contributed by atoms with Crippen LogP contribution >= 0.6 is 0 Å². The molecular formula is C22H30N4O. The molecule has 1 N–H and O–H groups in total. The first-order chi connectivity index (χ1) is 13.3. The van der Waals surface area contributed by atoms with Crippen LogP contribution in [0.2, 0.25) is 0 Å². The Hall–Kier alpha value is -2.69. The highest BCUT2D eigenvalue weighted by molar-refractivity contribution is 5.74. The van der Waals surface area contributed by atoms with Crippen LogP contribution in [0.3, 0.4) is 0 Å². The lowest BCUT2D eigenvalue weighted by Crippen LogP contribution is -2.52. The molecular weight excluding hydrogens is 336 g/mol. The number of rotatable bonds is 7. The van der Waals surface area contributed by atoms with Crippen LogP contribution in [-0.4, -0.2) is 56.7 Å². The fourth-order valence-electron chi connectivity index (χ4n) is 3.49. The van der Waals surface area contributed by atoms with Crippen LogP contribution in [0.4, 0.5) is 16.2 Å². The molecule has 1 aliphatic rings. The van der Waals surface area contributed by atoms with Crippen LogP contribution in [0.25, 0.3) is 0 Å². The molecule has 144 valence electrons. The van der Waals surface area contributed by atoms with E-state index >= 15 is 0 Å². The van der Waals surface area contributed by atoms with Crippen LogP contribution in [0.5, 0.6) is 0 Å². The number of hydrogen-bond donors (Lipinski definition) is 1. The summed E-state index contributed by atoms with van der Waals surface area (Å²) in [6, 6.07) is 20.9. The molecule has 0 aliphatic carbocycles. The third kappa shape index (κ3) is 5.39. The van der Waals surface area contributed by atoms with Gasteiger partial charge in [-0.3, -0.25) is 0 Å². The highest BCUT2D eigenvalue weighted by Crippen LogP contribution is 2.15. The van der Waals surface area contributed by atoms with E-state index in [-0.39, 0.29) is 6.03 Å². The second kappa shape index (κ2) is 9.86. The molecule has 0 aromatic heterocycles. The van der Waals surface area contributed by atoms with Crippen molar-refractivity contribution in [1.82, 2.24) is 10.2 Å². The zero-order valence-corrected chi connectivity index (χ0v) is 16.2. The normalized spacial score (nSPS) is 14.1. The van der Waals surface area contributed by atoms with Crippen molar-refractivity contribution in [3.05, 3.63) is 60.7 Å². The zero-order valence-electron chi connectivity index (χ0n) is 16.2. The van der Waals surface area contributed by atoms with E-state index in [1.807, 2.05) is 17.0 Å². The number of nitrogens with one attached hydrogen (secondary N) is 1. The van der Waals surface area contributed by atoms with Gasteiger partial charge in [-0.05, 0) is 37.6 Å². The van der Waals surface area contributed by atoms with Crippen molar-refractivity contribution in [2.45, 2.75) is 13.3 Å². The molecule has 2 amide bonds. The number of hydrogen-bond acceptors (Lipinski definition) is 3. The lowest BCUT2D eigenvalue weighted by atomic mass is 10.2. The highest BCUT2D eigenvalue weighted by Gasteiger charge is 2.20. The summed E-state index contributed by atoms with van der Waals surface area (Å²) in [5.74, 6) is 0. The number of anilines is 2. The Morgan fingerprint density at radius 2 is 1.59 bits per heavy atom. The van der Waals surface area contributed by atoms with E-state index in [0.717, 1.165) is 45.7 Å². The van der Waals surface area contributed by atoms with Gasteiger partial charge in [0.15, 0.2) is 0 Å². The summed E-state index contributed by atoms with van der Waals surface area (Å²) in [5, 5.41) is 3.08. The number of carbonyl (C=O) groups is 1. The van der Waals surface area contributed by atoms with Gasteiger partial charge in [-0.2, -0.15) is 0 Å². The summed E-state index contributed by atoms with van der Waals surface area (Å²) < 4.78 is 0. The third-order valence-corrected chi connectivity index (χ3v) is 5.07. The van der Waals surface area contributed by atoms with Crippen LogP contribution in [-0.2, 0) is 0 Å². The highest BCUT2D eigenvalue weighted by atomic mass is 16.2. The second-order valence-corrected chi connectivity index (χ2v) is 6.81. The fourth-order valence-corrected chi connectivity index (χ4v) is 3.49. The predicted octanol–water partition coefficient (Wildman–Crippen LogP) is 3.43. The van der Waals surface area contributed by atoms with Crippen molar-refractivity contribution in [3.63, 3.8) is 0 Å². The maximum Gasteiger partial charge on any atom is 0.317 e. The Balaban J connectivity index is 1.36. The van der Waals surface area contributed by atoms with Gasteiger partial charge in [0.05, 0.1) is 0 Å². The average molecular weight is 367 g/mol. The smallest absolute Gasteiger partial charge is 0.317 e. The van der Waals surface area contributed by atoms with Gasteiger partial charge >= 0.3 is 6.03 Å².